The lowest BCUT2D eigenvalue weighted by atomic mass is 10.2. The lowest BCUT2D eigenvalue weighted by Crippen LogP contribution is -2.00. The van der Waals surface area contributed by atoms with E-state index in [4.69, 9.17) is 16.3 Å². The van der Waals surface area contributed by atoms with E-state index in [1.54, 1.807) is 12.3 Å². The van der Waals surface area contributed by atoms with Gasteiger partial charge in [-0.3, -0.25) is 5.43 Å². The van der Waals surface area contributed by atoms with Crippen LogP contribution >= 0.6 is 22.9 Å². The Labute approximate surface area is 153 Å². The van der Waals surface area contributed by atoms with Gasteiger partial charge < -0.3 is 4.74 Å². The maximum absolute atomic E-state index is 13.1. The van der Waals surface area contributed by atoms with Crippen molar-refractivity contribution in [3.05, 3.63) is 75.5 Å². The molecule has 0 saturated carbocycles. The van der Waals surface area contributed by atoms with E-state index in [1.165, 1.54) is 23.5 Å². The fraction of sp³-hybridized carbons (Fsp3) is 0.111. The number of nitrogens with one attached hydrogen (secondary N) is 1. The summed E-state index contributed by atoms with van der Waals surface area (Å²) in [4.78, 5) is 4.27. The van der Waals surface area contributed by atoms with E-state index in [1.807, 2.05) is 36.6 Å². The third-order valence-corrected chi connectivity index (χ3v) is 4.52. The summed E-state index contributed by atoms with van der Waals surface area (Å²) in [5.41, 5.74) is 5.36. The standard InChI is InChI=1S/C18H15ClFN3OS/c1-12-11-25-18(22-12)23-21-9-13-4-2-3-5-17(13)24-10-14-6-7-15(20)8-16(14)19/h2-9,11H,10H2,1H3,(H,22,23). The molecule has 0 saturated heterocycles. The highest BCUT2D eigenvalue weighted by molar-refractivity contribution is 7.13. The van der Waals surface area contributed by atoms with Crippen LogP contribution in [0.3, 0.4) is 0 Å². The first-order valence-corrected chi connectivity index (χ1v) is 8.74. The molecule has 128 valence electrons. The minimum absolute atomic E-state index is 0.239. The van der Waals surface area contributed by atoms with Gasteiger partial charge in [-0.2, -0.15) is 5.10 Å². The van der Waals surface area contributed by atoms with Crippen LogP contribution < -0.4 is 10.2 Å². The molecule has 1 aromatic heterocycles. The molecule has 3 rings (SSSR count). The van der Waals surface area contributed by atoms with Gasteiger partial charge in [-0.05, 0) is 31.2 Å². The van der Waals surface area contributed by atoms with E-state index >= 15 is 0 Å². The molecule has 0 unspecified atom stereocenters. The van der Waals surface area contributed by atoms with E-state index < -0.39 is 0 Å². The van der Waals surface area contributed by atoms with Gasteiger partial charge in [0, 0.05) is 16.5 Å². The molecule has 0 aliphatic heterocycles. The molecule has 0 atom stereocenters. The van der Waals surface area contributed by atoms with Gasteiger partial charge in [0.05, 0.1) is 16.9 Å². The predicted octanol–water partition coefficient (Wildman–Crippen LogP) is 5.27. The molecule has 0 spiro atoms. The van der Waals surface area contributed by atoms with Crippen molar-refractivity contribution in [3.8, 4) is 5.75 Å². The summed E-state index contributed by atoms with van der Waals surface area (Å²) < 4.78 is 18.9. The summed E-state index contributed by atoms with van der Waals surface area (Å²) in [6.45, 7) is 2.16. The highest BCUT2D eigenvalue weighted by atomic mass is 35.5. The van der Waals surface area contributed by atoms with E-state index in [9.17, 15) is 4.39 Å². The predicted molar refractivity (Wildman–Crippen MR) is 100 cm³/mol. The van der Waals surface area contributed by atoms with Crippen molar-refractivity contribution in [1.29, 1.82) is 0 Å². The zero-order valence-electron chi connectivity index (χ0n) is 13.4. The van der Waals surface area contributed by atoms with Crippen molar-refractivity contribution >= 4 is 34.3 Å². The second kappa shape index (κ2) is 8.09. The maximum Gasteiger partial charge on any atom is 0.203 e. The Morgan fingerprint density at radius 3 is 2.92 bits per heavy atom. The number of hydrogen-bond acceptors (Lipinski definition) is 5. The van der Waals surface area contributed by atoms with Gasteiger partial charge in [-0.25, -0.2) is 9.37 Å². The fourth-order valence-corrected chi connectivity index (χ4v) is 2.93. The highest BCUT2D eigenvalue weighted by Crippen LogP contribution is 2.22. The average Bonchev–Trinajstić information content (AvgIpc) is 3.00. The van der Waals surface area contributed by atoms with Gasteiger partial charge >= 0.3 is 0 Å². The number of hydrogen-bond donors (Lipinski definition) is 1. The van der Waals surface area contributed by atoms with Crippen molar-refractivity contribution in [2.24, 2.45) is 5.10 Å². The van der Waals surface area contributed by atoms with Gasteiger partial charge in [-0.1, -0.05) is 29.8 Å². The van der Waals surface area contributed by atoms with Gasteiger partial charge in [-0.15, -0.1) is 11.3 Å². The van der Waals surface area contributed by atoms with Crippen LogP contribution in [0, 0.1) is 12.7 Å². The fourth-order valence-electron chi connectivity index (χ4n) is 2.08. The van der Waals surface area contributed by atoms with E-state index in [2.05, 4.69) is 15.5 Å². The van der Waals surface area contributed by atoms with Crippen LogP contribution in [0.1, 0.15) is 16.8 Å². The second-order valence-corrected chi connectivity index (χ2v) is 6.49. The van der Waals surface area contributed by atoms with Crippen molar-refractivity contribution in [1.82, 2.24) is 4.98 Å². The van der Waals surface area contributed by atoms with E-state index in [0.717, 1.165) is 16.4 Å². The molecule has 7 heteroatoms. The summed E-state index contributed by atoms with van der Waals surface area (Å²) in [5.74, 6) is 0.286. The van der Waals surface area contributed by atoms with Crippen LogP contribution in [-0.2, 0) is 6.61 Å². The minimum atomic E-state index is -0.371. The lowest BCUT2D eigenvalue weighted by molar-refractivity contribution is 0.305. The van der Waals surface area contributed by atoms with Crippen LogP contribution in [0.15, 0.2) is 52.9 Å². The molecule has 0 aliphatic carbocycles. The summed E-state index contributed by atoms with van der Waals surface area (Å²) in [7, 11) is 0. The average molecular weight is 376 g/mol. The van der Waals surface area contributed by atoms with Gasteiger partial charge in [0.1, 0.15) is 18.2 Å². The Morgan fingerprint density at radius 2 is 2.16 bits per heavy atom. The molecule has 1 heterocycles. The van der Waals surface area contributed by atoms with Crippen LogP contribution in [0.2, 0.25) is 5.02 Å². The van der Waals surface area contributed by atoms with Gasteiger partial charge in [0.2, 0.25) is 5.13 Å². The number of thiazole rings is 1. The van der Waals surface area contributed by atoms with Crippen LogP contribution in [0.5, 0.6) is 5.75 Å². The van der Waals surface area contributed by atoms with Crippen molar-refractivity contribution < 1.29 is 9.13 Å². The van der Waals surface area contributed by atoms with Gasteiger partial charge in [0.25, 0.3) is 0 Å². The Morgan fingerprint density at radius 1 is 1.32 bits per heavy atom. The molecule has 2 aromatic carbocycles. The molecule has 0 fully saturated rings. The Kier molecular flexibility index (Phi) is 5.63. The lowest BCUT2D eigenvalue weighted by Gasteiger charge is -2.10. The zero-order chi connectivity index (χ0) is 17.6. The molecule has 0 radical (unpaired) electrons. The molecule has 3 aromatic rings. The Hall–Kier alpha value is -2.44. The minimum Gasteiger partial charge on any atom is -0.488 e. The third kappa shape index (κ3) is 4.78. The molecule has 0 amide bonds. The van der Waals surface area contributed by atoms with Crippen LogP contribution in [-0.4, -0.2) is 11.2 Å². The summed E-state index contributed by atoms with van der Waals surface area (Å²) in [6.07, 6.45) is 1.67. The third-order valence-electron chi connectivity index (χ3n) is 3.30. The number of para-hydroxylation sites is 1. The largest absolute Gasteiger partial charge is 0.488 e. The number of hydrazone groups is 1. The molecule has 0 bridgehead atoms. The van der Waals surface area contributed by atoms with E-state index in [-0.39, 0.29) is 12.4 Å². The maximum atomic E-state index is 13.1. The normalized spacial score (nSPS) is 11.0. The SMILES string of the molecule is Cc1csc(NN=Cc2ccccc2OCc2ccc(F)cc2Cl)n1. The van der Waals surface area contributed by atoms with Crippen molar-refractivity contribution in [2.75, 3.05) is 5.43 Å². The number of nitrogens with zero attached hydrogens (tertiary/aromatic N) is 2. The summed E-state index contributed by atoms with van der Waals surface area (Å²) >= 11 is 7.51. The first-order valence-electron chi connectivity index (χ1n) is 7.49. The molecule has 4 nitrogen and oxygen atoms in total. The first kappa shape index (κ1) is 17.4. The highest BCUT2D eigenvalue weighted by Gasteiger charge is 2.05. The topological polar surface area (TPSA) is 46.5 Å². The Bertz CT molecular complexity index is 898. The number of rotatable bonds is 6. The number of anilines is 1. The van der Waals surface area contributed by atoms with Crippen LogP contribution in [0.25, 0.3) is 0 Å². The smallest absolute Gasteiger partial charge is 0.203 e. The van der Waals surface area contributed by atoms with Gasteiger partial charge in [0.15, 0.2) is 0 Å². The monoisotopic (exact) mass is 375 g/mol. The summed E-state index contributed by atoms with van der Waals surface area (Å²) in [6, 6.07) is 11.7. The number of aromatic nitrogens is 1. The van der Waals surface area contributed by atoms with E-state index in [0.29, 0.717) is 16.3 Å². The molecule has 25 heavy (non-hydrogen) atoms. The quantitative estimate of drug-likeness (QED) is 0.471. The number of benzene rings is 2. The number of ether oxygens (including phenoxy) is 1. The molecular weight excluding hydrogens is 361 g/mol. The second-order valence-electron chi connectivity index (χ2n) is 5.23. The molecule has 1 N–H and O–H groups in total. The number of halogens is 2. The number of aryl methyl sites for hydroxylation is 1. The van der Waals surface area contributed by atoms with Crippen molar-refractivity contribution in [3.63, 3.8) is 0 Å². The first-order chi connectivity index (χ1) is 12.1. The van der Waals surface area contributed by atoms with Crippen molar-refractivity contribution in [2.45, 2.75) is 13.5 Å². The molecular formula is C18H15ClFN3OS. The van der Waals surface area contributed by atoms with Crippen LogP contribution in [0.4, 0.5) is 9.52 Å². The zero-order valence-corrected chi connectivity index (χ0v) is 14.9. The molecule has 0 aliphatic rings. The summed E-state index contributed by atoms with van der Waals surface area (Å²) in [5, 5.41) is 7.20. The Balaban J connectivity index is 1.68.